The molecule has 1 heterocycles. The molecule has 2 aromatic rings. The summed E-state index contributed by atoms with van der Waals surface area (Å²) in [6.07, 6.45) is -0.104. The van der Waals surface area contributed by atoms with Gasteiger partial charge in [-0.2, -0.15) is 0 Å². The molecule has 0 spiro atoms. The van der Waals surface area contributed by atoms with E-state index >= 15 is 0 Å². The van der Waals surface area contributed by atoms with Gasteiger partial charge in [-0.1, -0.05) is 41.4 Å². The Labute approximate surface area is 178 Å². The van der Waals surface area contributed by atoms with Gasteiger partial charge in [0.15, 0.2) is 0 Å². The van der Waals surface area contributed by atoms with Gasteiger partial charge in [0, 0.05) is 13.6 Å². The molecule has 2 amide bonds. The van der Waals surface area contributed by atoms with Crippen LogP contribution in [0.4, 0.5) is 4.39 Å². The molecule has 0 aromatic heterocycles. The van der Waals surface area contributed by atoms with E-state index in [0.29, 0.717) is 35.0 Å². The number of hydrogen-bond acceptors (Lipinski definition) is 3. The molecule has 3 atom stereocenters. The van der Waals surface area contributed by atoms with Crippen molar-refractivity contribution in [3.63, 3.8) is 0 Å². The summed E-state index contributed by atoms with van der Waals surface area (Å²) >= 11 is 11.9. The van der Waals surface area contributed by atoms with E-state index in [2.05, 4.69) is 5.32 Å². The number of likely N-dealkylation sites (N-methyl/N-ethyl adjacent to an activating group) is 1. The normalized spacial score (nSPS) is 21.5. The fourth-order valence-corrected chi connectivity index (χ4v) is 3.93. The van der Waals surface area contributed by atoms with Gasteiger partial charge in [0.25, 0.3) is 5.91 Å². The average Bonchev–Trinajstić information content (AvgIpc) is 2.92. The van der Waals surface area contributed by atoms with Gasteiger partial charge in [0.2, 0.25) is 5.91 Å². The smallest absolute Gasteiger partial charge is 0.252 e. The number of carbonyl (C=O) groups is 2. The van der Waals surface area contributed by atoms with Crippen molar-refractivity contribution in [2.24, 2.45) is 5.92 Å². The van der Waals surface area contributed by atoms with Crippen LogP contribution in [0.5, 0.6) is 0 Å². The number of amides is 2. The quantitative estimate of drug-likeness (QED) is 0.679. The summed E-state index contributed by atoms with van der Waals surface area (Å²) < 4.78 is 13.2. The fraction of sp³-hybridized carbons (Fsp3) is 0.333. The van der Waals surface area contributed by atoms with Crippen molar-refractivity contribution in [1.29, 1.82) is 0 Å². The number of hydrogen-bond donors (Lipinski definition) is 2. The Balaban J connectivity index is 1.63. The van der Waals surface area contributed by atoms with E-state index in [9.17, 15) is 19.1 Å². The van der Waals surface area contributed by atoms with E-state index in [-0.39, 0.29) is 0 Å². The highest BCUT2D eigenvalue weighted by Gasteiger charge is 2.49. The Morgan fingerprint density at radius 2 is 1.86 bits per heavy atom. The first-order chi connectivity index (χ1) is 13.8. The van der Waals surface area contributed by atoms with Gasteiger partial charge >= 0.3 is 0 Å². The van der Waals surface area contributed by atoms with Gasteiger partial charge in [0.1, 0.15) is 11.9 Å². The SMILES string of the molecule is CN1C(=O)C(O)C(C(=O)NCCCc2ccc(Cl)c(Cl)c2)C1c1ccc(F)cc1. The third-order valence-electron chi connectivity index (χ3n) is 5.14. The Bertz CT molecular complexity index is 907. The summed E-state index contributed by atoms with van der Waals surface area (Å²) in [5.74, 6) is -2.33. The van der Waals surface area contributed by atoms with Gasteiger partial charge in [-0.05, 0) is 48.2 Å². The fourth-order valence-electron chi connectivity index (χ4n) is 3.61. The summed E-state index contributed by atoms with van der Waals surface area (Å²) in [7, 11) is 1.52. The molecule has 3 unspecified atom stereocenters. The highest BCUT2D eigenvalue weighted by molar-refractivity contribution is 6.42. The van der Waals surface area contributed by atoms with Gasteiger partial charge in [-0.3, -0.25) is 9.59 Å². The number of rotatable bonds is 6. The van der Waals surface area contributed by atoms with E-state index in [1.165, 1.54) is 36.2 Å². The standard InChI is InChI=1S/C21H21Cl2FN2O3/c1-26-18(13-5-7-14(24)8-6-13)17(19(27)21(26)29)20(28)25-10-2-3-12-4-9-15(22)16(23)11-12/h4-9,11,17-19,27H,2-3,10H2,1H3,(H,25,28). The number of carbonyl (C=O) groups excluding carboxylic acids is 2. The number of aryl methyl sites for hydroxylation is 1. The molecule has 2 N–H and O–H groups in total. The van der Waals surface area contributed by atoms with Gasteiger partial charge in [0.05, 0.1) is 22.0 Å². The summed E-state index contributed by atoms with van der Waals surface area (Å²) in [6, 6.07) is 10.3. The second kappa shape index (κ2) is 9.11. The van der Waals surface area contributed by atoms with Crippen LogP contribution in [0.1, 0.15) is 23.6 Å². The molecule has 0 bridgehead atoms. The first kappa shape index (κ1) is 21.6. The molecule has 154 valence electrons. The van der Waals surface area contributed by atoms with Crippen LogP contribution in [0, 0.1) is 11.7 Å². The molecular weight excluding hydrogens is 418 g/mol. The topological polar surface area (TPSA) is 69.6 Å². The molecule has 3 rings (SSSR count). The van der Waals surface area contributed by atoms with Crippen LogP contribution in [0.15, 0.2) is 42.5 Å². The Morgan fingerprint density at radius 3 is 2.52 bits per heavy atom. The minimum absolute atomic E-state index is 0.371. The minimum atomic E-state index is -1.44. The molecule has 5 nitrogen and oxygen atoms in total. The highest BCUT2D eigenvalue weighted by atomic mass is 35.5. The van der Waals surface area contributed by atoms with Gasteiger partial charge in [-0.25, -0.2) is 4.39 Å². The number of nitrogens with one attached hydrogen (secondary N) is 1. The minimum Gasteiger partial charge on any atom is -0.382 e. The Hall–Kier alpha value is -2.15. The van der Waals surface area contributed by atoms with Crippen LogP contribution in [-0.4, -0.2) is 41.5 Å². The Kier molecular flexibility index (Phi) is 6.77. The van der Waals surface area contributed by atoms with E-state index in [0.717, 1.165) is 5.56 Å². The zero-order chi connectivity index (χ0) is 21.1. The molecule has 29 heavy (non-hydrogen) atoms. The lowest BCUT2D eigenvalue weighted by Gasteiger charge is -2.25. The zero-order valence-electron chi connectivity index (χ0n) is 15.7. The lowest BCUT2D eigenvalue weighted by atomic mass is 9.91. The van der Waals surface area contributed by atoms with E-state index in [1.54, 1.807) is 12.1 Å². The zero-order valence-corrected chi connectivity index (χ0v) is 17.3. The van der Waals surface area contributed by atoms with Crippen molar-refractivity contribution in [1.82, 2.24) is 10.2 Å². The maximum Gasteiger partial charge on any atom is 0.252 e. The lowest BCUT2D eigenvalue weighted by Crippen LogP contribution is -2.39. The maximum absolute atomic E-state index is 13.2. The van der Waals surface area contributed by atoms with Gasteiger partial charge in [-0.15, -0.1) is 0 Å². The number of aliphatic hydroxyl groups excluding tert-OH is 1. The van der Waals surface area contributed by atoms with Gasteiger partial charge < -0.3 is 15.3 Å². The molecule has 2 aromatic carbocycles. The molecule has 0 saturated carbocycles. The predicted molar refractivity (Wildman–Crippen MR) is 109 cm³/mol. The van der Waals surface area contributed by atoms with E-state index in [1.807, 2.05) is 6.07 Å². The molecular formula is C21H21Cl2FN2O3. The van der Waals surface area contributed by atoms with Crippen LogP contribution in [0.3, 0.4) is 0 Å². The largest absolute Gasteiger partial charge is 0.382 e. The Morgan fingerprint density at radius 1 is 1.17 bits per heavy atom. The van der Waals surface area contributed by atoms with Crippen LogP contribution in [-0.2, 0) is 16.0 Å². The number of halogens is 3. The molecule has 1 aliphatic heterocycles. The third-order valence-corrected chi connectivity index (χ3v) is 5.88. The molecule has 8 heteroatoms. The van der Waals surface area contributed by atoms with E-state index in [4.69, 9.17) is 23.2 Å². The summed E-state index contributed by atoms with van der Waals surface area (Å²) in [6.45, 7) is 0.371. The van der Waals surface area contributed by atoms with Crippen molar-refractivity contribution in [2.75, 3.05) is 13.6 Å². The summed E-state index contributed by atoms with van der Waals surface area (Å²) in [4.78, 5) is 26.3. The average molecular weight is 439 g/mol. The first-order valence-corrected chi connectivity index (χ1v) is 9.97. The molecule has 1 aliphatic rings. The van der Waals surface area contributed by atoms with Crippen LogP contribution < -0.4 is 5.32 Å². The van der Waals surface area contributed by atoms with Crippen LogP contribution in [0.25, 0.3) is 0 Å². The lowest BCUT2D eigenvalue weighted by molar-refractivity contribution is -0.137. The molecule has 1 saturated heterocycles. The number of benzene rings is 2. The molecule has 1 fully saturated rings. The van der Waals surface area contributed by atoms with E-state index < -0.39 is 35.7 Å². The maximum atomic E-state index is 13.2. The molecule has 0 radical (unpaired) electrons. The van der Waals surface area contributed by atoms with Crippen molar-refractivity contribution < 1.29 is 19.1 Å². The number of nitrogens with zero attached hydrogens (tertiary/aromatic N) is 1. The van der Waals surface area contributed by atoms with Crippen molar-refractivity contribution in [2.45, 2.75) is 25.0 Å². The number of aliphatic hydroxyl groups is 1. The van der Waals surface area contributed by atoms with Crippen molar-refractivity contribution >= 4 is 35.0 Å². The number of likely N-dealkylation sites (tertiary alicyclic amines) is 1. The summed E-state index contributed by atoms with van der Waals surface area (Å²) in [5, 5.41) is 14.1. The monoisotopic (exact) mass is 438 g/mol. The van der Waals surface area contributed by atoms with Crippen LogP contribution in [0.2, 0.25) is 10.0 Å². The second-order valence-corrected chi connectivity index (χ2v) is 7.87. The van der Waals surface area contributed by atoms with Crippen molar-refractivity contribution in [3.05, 3.63) is 69.5 Å². The first-order valence-electron chi connectivity index (χ1n) is 9.21. The second-order valence-electron chi connectivity index (χ2n) is 7.06. The predicted octanol–water partition coefficient (Wildman–Crippen LogP) is 3.37. The highest BCUT2D eigenvalue weighted by Crippen LogP contribution is 2.37. The van der Waals surface area contributed by atoms with Crippen molar-refractivity contribution in [3.8, 4) is 0 Å². The third kappa shape index (κ3) is 4.71. The van der Waals surface area contributed by atoms with Crippen LogP contribution >= 0.6 is 23.2 Å². The molecule has 0 aliphatic carbocycles. The summed E-state index contributed by atoms with van der Waals surface area (Å²) in [5.41, 5.74) is 1.59.